The molecule has 0 amide bonds. The molecule has 0 radical (unpaired) electrons. The highest BCUT2D eigenvalue weighted by molar-refractivity contribution is 5.73. The standard InChI is InChI=1S/C8H15NO2/c1-6-3-4-9(2)7(5-6)8(10)11/h6-7H,3-5H2,1-2H3,(H,10,11)/t6-,7+/m0/s1. The predicted molar refractivity (Wildman–Crippen MR) is 42.5 cm³/mol. The highest BCUT2D eigenvalue weighted by atomic mass is 16.4. The summed E-state index contributed by atoms with van der Waals surface area (Å²) in [6, 6.07) is -0.251. The molecule has 0 aromatic rings. The van der Waals surface area contributed by atoms with Crippen molar-refractivity contribution < 1.29 is 9.90 Å². The lowest BCUT2D eigenvalue weighted by Crippen LogP contribution is -2.44. The number of rotatable bonds is 1. The van der Waals surface area contributed by atoms with Gasteiger partial charge in [0.15, 0.2) is 0 Å². The van der Waals surface area contributed by atoms with Crippen LogP contribution < -0.4 is 0 Å². The van der Waals surface area contributed by atoms with Crippen LogP contribution in [0.15, 0.2) is 0 Å². The van der Waals surface area contributed by atoms with Crippen LogP contribution in [0.5, 0.6) is 0 Å². The lowest BCUT2D eigenvalue weighted by atomic mass is 9.93. The smallest absolute Gasteiger partial charge is 0.320 e. The van der Waals surface area contributed by atoms with Crippen LogP contribution in [0.4, 0.5) is 0 Å². The minimum absolute atomic E-state index is 0.251. The summed E-state index contributed by atoms with van der Waals surface area (Å²) < 4.78 is 0. The van der Waals surface area contributed by atoms with Crippen molar-refractivity contribution in [3.05, 3.63) is 0 Å². The average molecular weight is 157 g/mol. The number of likely N-dealkylation sites (N-methyl/N-ethyl adjacent to an activating group) is 1. The monoisotopic (exact) mass is 157 g/mol. The van der Waals surface area contributed by atoms with Crippen molar-refractivity contribution in [3.63, 3.8) is 0 Å². The molecule has 0 aliphatic carbocycles. The van der Waals surface area contributed by atoms with Crippen molar-refractivity contribution in [1.29, 1.82) is 0 Å². The second-order valence-electron chi connectivity index (χ2n) is 3.46. The van der Waals surface area contributed by atoms with E-state index in [0.29, 0.717) is 5.92 Å². The predicted octanol–water partition coefficient (Wildman–Crippen LogP) is 0.801. The molecule has 64 valence electrons. The highest BCUT2D eigenvalue weighted by Crippen LogP contribution is 2.20. The van der Waals surface area contributed by atoms with E-state index in [0.717, 1.165) is 19.4 Å². The molecule has 1 rings (SSSR count). The van der Waals surface area contributed by atoms with E-state index in [9.17, 15) is 4.79 Å². The zero-order valence-corrected chi connectivity index (χ0v) is 7.08. The summed E-state index contributed by atoms with van der Waals surface area (Å²) in [7, 11) is 1.88. The SMILES string of the molecule is C[C@H]1CCN(C)[C@@H](C(=O)O)C1. The number of piperidine rings is 1. The summed E-state index contributed by atoms with van der Waals surface area (Å²) in [6.07, 6.45) is 1.92. The molecule has 1 heterocycles. The van der Waals surface area contributed by atoms with Gasteiger partial charge in [0.05, 0.1) is 0 Å². The molecule has 0 aromatic carbocycles. The first-order valence-electron chi connectivity index (χ1n) is 4.04. The zero-order chi connectivity index (χ0) is 8.43. The number of carboxylic acids is 1. The van der Waals surface area contributed by atoms with Gasteiger partial charge in [-0.2, -0.15) is 0 Å². The van der Waals surface area contributed by atoms with Gasteiger partial charge in [-0.05, 0) is 32.4 Å². The second kappa shape index (κ2) is 3.22. The van der Waals surface area contributed by atoms with Crippen LogP contribution in [-0.2, 0) is 4.79 Å². The average Bonchev–Trinajstić information content (AvgIpc) is 1.94. The topological polar surface area (TPSA) is 40.5 Å². The fourth-order valence-electron chi connectivity index (χ4n) is 1.55. The summed E-state index contributed by atoms with van der Waals surface area (Å²) in [5.74, 6) is -0.119. The Kier molecular flexibility index (Phi) is 2.49. The largest absolute Gasteiger partial charge is 0.480 e. The van der Waals surface area contributed by atoms with E-state index in [1.807, 2.05) is 11.9 Å². The van der Waals surface area contributed by atoms with Gasteiger partial charge in [0.25, 0.3) is 0 Å². The highest BCUT2D eigenvalue weighted by Gasteiger charge is 2.28. The summed E-state index contributed by atoms with van der Waals surface area (Å²) in [4.78, 5) is 12.6. The number of carboxylic acid groups (broad SMARTS) is 1. The molecule has 0 unspecified atom stereocenters. The van der Waals surface area contributed by atoms with Gasteiger partial charge in [0, 0.05) is 0 Å². The molecule has 1 aliphatic rings. The van der Waals surface area contributed by atoms with Crippen molar-refractivity contribution >= 4 is 5.97 Å². The number of aliphatic carboxylic acids is 1. The maximum Gasteiger partial charge on any atom is 0.320 e. The van der Waals surface area contributed by atoms with E-state index >= 15 is 0 Å². The van der Waals surface area contributed by atoms with E-state index in [4.69, 9.17) is 5.11 Å². The fraction of sp³-hybridized carbons (Fsp3) is 0.875. The molecule has 11 heavy (non-hydrogen) atoms. The van der Waals surface area contributed by atoms with Gasteiger partial charge in [0.2, 0.25) is 0 Å². The Bertz CT molecular complexity index is 158. The molecule has 3 nitrogen and oxygen atoms in total. The Morgan fingerprint density at radius 2 is 2.27 bits per heavy atom. The van der Waals surface area contributed by atoms with E-state index < -0.39 is 5.97 Å². The van der Waals surface area contributed by atoms with Crippen LogP contribution in [-0.4, -0.2) is 35.6 Å². The van der Waals surface area contributed by atoms with Gasteiger partial charge < -0.3 is 5.11 Å². The maximum atomic E-state index is 10.7. The summed E-state index contributed by atoms with van der Waals surface area (Å²) in [6.45, 7) is 3.03. The number of carbonyl (C=O) groups is 1. The maximum absolute atomic E-state index is 10.7. The summed E-state index contributed by atoms with van der Waals surface area (Å²) in [5.41, 5.74) is 0. The molecule has 1 N–H and O–H groups in total. The van der Waals surface area contributed by atoms with Crippen molar-refractivity contribution in [3.8, 4) is 0 Å². The van der Waals surface area contributed by atoms with E-state index in [1.54, 1.807) is 0 Å². The van der Waals surface area contributed by atoms with E-state index in [-0.39, 0.29) is 6.04 Å². The van der Waals surface area contributed by atoms with Crippen LogP contribution in [0.25, 0.3) is 0 Å². The Morgan fingerprint density at radius 1 is 1.64 bits per heavy atom. The number of nitrogens with zero attached hydrogens (tertiary/aromatic N) is 1. The molecule has 0 aromatic heterocycles. The molecule has 1 saturated heterocycles. The molecule has 0 bridgehead atoms. The summed E-state index contributed by atoms with van der Waals surface area (Å²) in [5, 5.41) is 8.78. The lowest BCUT2D eigenvalue weighted by Gasteiger charge is -2.32. The third-order valence-corrected chi connectivity index (χ3v) is 2.42. The van der Waals surface area contributed by atoms with Crippen molar-refractivity contribution in [2.24, 2.45) is 5.92 Å². The summed E-state index contributed by atoms with van der Waals surface area (Å²) >= 11 is 0. The Hall–Kier alpha value is -0.570. The van der Waals surface area contributed by atoms with Crippen molar-refractivity contribution in [1.82, 2.24) is 4.90 Å². The first-order chi connectivity index (χ1) is 5.11. The van der Waals surface area contributed by atoms with Crippen LogP contribution in [0, 0.1) is 5.92 Å². The Morgan fingerprint density at radius 3 is 2.73 bits per heavy atom. The van der Waals surface area contributed by atoms with Crippen LogP contribution in [0.3, 0.4) is 0 Å². The molecular formula is C8H15NO2. The van der Waals surface area contributed by atoms with Gasteiger partial charge in [-0.25, -0.2) is 0 Å². The third kappa shape index (κ3) is 1.93. The molecule has 0 saturated carbocycles. The van der Waals surface area contributed by atoms with Crippen LogP contribution >= 0.6 is 0 Å². The van der Waals surface area contributed by atoms with Crippen LogP contribution in [0.1, 0.15) is 19.8 Å². The van der Waals surface area contributed by atoms with Gasteiger partial charge in [-0.3, -0.25) is 9.69 Å². The van der Waals surface area contributed by atoms with Gasteiger partial charge in [0.1, 0.15) is 6.04 Å². The molecule has 1 aliphatic heterocycles. The molecule has 1 fully saturated rings. The second-order valence-corrected chi connectivity index (χ2v) is 3.46. The van der Waals surface area contributed by atoms with Gasteiger partial charge in [-0.1, -0.05) is 6.92 Å². The number of hydrogen-bond acceptors (Lipinski definition) is 2. The zero-order valence-electron chi connectivity index (χ0n) is 7.08. The van der Waals surface area contributed by atoms with Gasteiger partial charge >= 0.3 is 5.97 Å². The Labute approximate surface area is 67.0 Å². The van der Waals surface area contributed by atoms with E-state index in [2.05, 4.69) is 6.92 Å². The first-order valence-corrected chi connectivity index (χ1v) is 4.04. The minimum Gasteiger partial charge on any atom is -0.480 e. The number of likely N-dealkylation sites (tertiary alicyclic amines) is 1. The third-order valence-electron chi connectivity index (χ3n) is 2.42. The molecular weight excluding hydrogens is 142 g/mol. The Balaban J connectivity index is 2.54. The first kappa shape index (κ1) is 8.53. The number of hydrogen-bond donors (Lipinski definition) is 1. The fourth-order valence-corrected chi connectivity index (χ4v) is 1.55. The molecule has 3 heteroatoms. The van der Waals surface area contributed by atoms with Crippen LogP contribution in [0.2, 0.25) is 0 Å². The minimum atomic E-state index is -0.681. The normalized spacial score (nSPS) is 33.6. The van der Waals surface area contributed by atoms with E-state index in [1.165, 1.54) is 0 Å². The van der Waals surface area contributed by atoms with Crippen molar-refractivity contribution in [2.75, 3.05) is 13.6 Å². The van der Waals surface area contributed by atoms with Gasteiger partial charge in [-0.15, -0.1) is 0 Å². The molecule has 2 atom stereocenters. The van der Waals surface area contributed by atoms with Crippen molar-refractivity contribution in [2.45, 2.75) is 25.8 Å². The molecule has 0 spiro atoms. The lowest BCUT2D eigenvalue weighted by molar-refractivity contribution is -0.144. The quantitative estimate of drug-likeness (QED) is 0.612.